The van der Waals surface area contributed by atoms with Crippen LogP contribution < -0.4 is 21.3 Å². The second-order valence-corrected chi connectivity index (χ2v) is 52.5. The third kappa shape index (κ3) is 45.7. The van der Waals surface area contributed by atoms with Crippen molar-refractivity contribution in [1.29, 1.82) is 0 Å². The van der Waals surface area contributed by atoms with Gasteiger partial charge in [0.05, 0.1) is 25.2 Å². The van der Waals surface area contributed by atoms with Crippen molar-refractivity contribution in [3.8, 4) is 0 Å². The molecule has 4 N–H and O–H groups in total. The van der Waals surface area contributed by atoms with Crippen molar-refractivity contribution in [2.75, 3.05) is 38.7 Å². The SMILES string of the molecule is C.CC(C)=O.CC(C)=O.CN[C@@H](CC(C)C)C(=O)C[C@@H](C)C(=O)CN[C@H](C)C(C)C.CN[C@H](C(=O)C[C@@H](CS)C(=O)CN[C@H](C)[C@@H](C)CS)[C@H](S)C(C)C.[HH].[HH].[I][V]([I])[I]. The number of nitrogens with one attached hydrogen (secondary N) is 4. The number of carbonyl (C=O) groups excluding carboxylic acids is 6. The Morgan fingerprint density at radius 3 is 1.36 bits per heavy atom. The molecular weight excluding hydrogens is 1170 g/mol. The summed E-state index contributed by atoms with van der Waals surface area (Å²) in [6.07, 6.45) is 1.35. The molecule has 0 heterocycles. The number of rotatable bonds is 24. The first-order chi connectivity index (χ1) is 26.1. The zero-order chi connectivity index (χ0) is 46.2. The van der Waals surface area contributed by atoms with Crippen LogP contribution in [0.5, 0.6) is 0 Å². The molecule has 0 saturated heterocycles. The summed E-state index contributed by atoms with van der Waals surface area (Å²) in [5.74, 6) is 2.81. The maximum atomic E-state index is 12.6. The van der Waals surface area contributed by atoms with Crippen molar-refractivity contribution >= 4 is 133 Å². The molecule has 17 heteroatoms. The average Bonchev–Trinajstić information content (AvgIpc) is 3.09. The Balaban J connectivity index is -0.000000114. The minimum absolute atomic E-state index is 0. The Morgan fingerprint density at radius 1 is 0.621 bits per heavy atom. The van der Waals surface area contributed by atoms with Crippen LogP contribution in [-0.4, -0.2) is 103 Å². The van der Waals surface area contributed by atoms with Crippen molar-refractivity contribution in [2.45, 2.75) is 153 Å². The number of hydrogen-bond donors (Lipinski definition) is 7. The molecule has 0 unspecified atom stereocenters. The van der Waals surface area contributed by atoms with E-state index < -0.39 is 0 Å². The van der Waals surface area contributed by atoms with Gasteiger partial charge in [0, 0.05) is 50.6 Å². The van der Waals surface area contributed by atoms with E-state index in [0.717, 1.165) is 12.2 Å². The third-order valence-electron chi connectivity index (χ3n) is 8.65. The van der Waals surface area contributed by atoms with E-state index in [-0.39, 0.29) is 104 Å². The molecule has 0 bridgehead atoms. The van der Waals surface area contributed by atoms with E-state index in [4.69, 9.17) is 0 Å². The number of ketones is 6. The number of likely N-dealkylation sites (N-methyl/N-ethyl adjacent to an activating group) is 2. The van der Waals surface area contributed by atoms with E-state index >= 15 is 0 Å². The first-order valence-electron chi connectivity index (χ1n) is 19.6. The fourth-order valence-electron chi connectivity index (χ4n) is 4.43. The fraction of sp³-hybridized carbons (Fsp3) is 0.854. The van der Waals surface area contributed by atoms with E-state index in [1.165, 1.54) is 27.7 Å². The van der Waals surface area contributed by atoms with Crippen LogP contribution in [0.25, 0.3) is 0 Å². The summed E-state index contributed by atoms with van der Waals surface area (Å²) in [6.45, 7) is 27.3. The van der Waals surface area contributed by atoms with Gasteiger partial charge in [-0.05, 0) is 91.5 Å². The Bertz CT molecular complexity index is 1100. The van der Waals surface area contributed by atoms with Gasteiger partial charge in [0.2, 0.25) is 0 Å². The molecule has 0 fully saturated rings. The zero-order valence-corrected chi connectivity index (χ0v) is 48.2. The monoisotopic (exact) mass is 1260 g/mol. The van der Waals surface area contributed by atoms with E-state index in [1.807, 2.05) is 34.7 Å². The summed E-state index contributed by atoms with van der Waals surface area (Å²) in [6, 6.07) is 0.0285. The Kier molecular flexibility index (Phi) is 54.0. The summed E-state index contributed by atoms with van der Waals surface area (Å²) < 4.78 is 0. The predicted molar refractivity (Wildman–Crippen MR) is 287 cm³/mol. The Hall–Kier alpha value is 1.68. The van der Waals surface area contributed by atoms with Crippen LogP contribution in [-0.2, 0) is 33.7 Å². The molecule has 0 aliphatic rings. The molecule has 10 nitrogen and oxygen atoms in total. The van der Waals surface area contributed by atoms with E-state index in [0.29, 0.717) is 42.5 Å². The molecule has 0 aromatic heterocycles. The summed E-state index contributed by atoms with van der Waals surface area (Å²) in [5.41, 5.74) is 0. The molecule has 0 saturated carbocycles. The topological polar surface area (TPSA) is 151 Å². The first-order valence-corrected chi connectivity index (χ1v) is 34.9. The fourth-order valence-corrected chi connectivity index (χ4v) is 5.40. The Morgan fingerprint density at radius 2 is 1.03 bits per heavy atom. The molecule has 0 amide bonds. The van der Waals surface area contributed by atoms with Crippen LogP contribution in [0.1, 0.15) is 126 Å². The second-order valence-electron chi connectivity index (χ2n) is 15.8. The van der Waals surface area contributed by atoms with Crippen molar-refractivity contribution in [3.05, 3.63) is 0 Å². The maximum absolute atomic E-state index is 12.6. The molecule has 0 rings (SSSR count). The van der Waals surface area contributed by atoms with E-state index in [1.54, 1.807) is 7.05 Å². The van der Waals surface area contributed by atoms with Gasteiger partial charge in [0.15, 0.2) is 11.6 Å². The van der Waals surface area contributed by atoms with Gasteiger partial charge in [-0.1, -0.05) is 62.8 Å². The molecule has 0 spiro atoms. The normalized spacial score (nSPS) is 14.8. The van der Waals surface area contributed by atoms with Crippen molar-refractivity contribution < 1.29 is 36.5 Å². The van der Waals surface area contributed by atoms with Gasteiger partial charge in [-0.3, -0.25) is 19.2 Å². The first kappa shape index (κ1) is 71.3. The number of Topliss-reactive ketones (excluding diaryl/α,β-unsaturated/α-hetero) is 6. The molecule has 0 aliphatic carbocycles. The molecule has 0 radical (unpaired) electrons. The summed E-state index contributed by atoms with van der Waals surface area (Å²) in [4.78, 5) is 67.9. The molecule has 352 valence electrons. The van der Waals surface area contributed by atoms with Gasteiger partial charge >= 0.3 is 64.9 Å². The van der Waals surface area contributed by atoms with Gasteiger partial charge < -0.3 is 30.9 Å². The molecule has 0 aromatic carbocycles. The Labute approximate surface area is 413 Å². The van der Waals surface area contributed by atoms with E-state index in [9.17, 15) is 28.8 Å². The van der Waals surface area contributed by atoms with Gasteiger partial charge in [-0.25, -0.2) is 0 Å². The summed E-state index contributed by atoms with van der Waals surface area (Å²) >= 11 is 20.5. The standard InChI is InChI=1S/C17H34N2O2S3.C17H34N2O2.2C3H6O.CH4.3HI.V.2H2/c1-10(2)17(24)16(18-5)14(20)6-13(9-23)15(21)7-19-12(4)11(3)8-22;1-11(2)8-15(18-7)16(20)9-13(5)17(21)10-19-14(6)12(3)4;2*1-3(2)4;;;;;;;/h10-13,16-19,22-24H,6-9H2,1-5H3;11-15,18-19H,8-10H2,1-7H3;2*1-2H3;1H4;3*1H;;2*1H/q;;;;;;;;+3;;/p-3/t11-,12+,13-,16+,17+;13-,14-,15+;;;;;;;;;/m01........./s1. The van der Waals surface area contributed by atoms with Crippen LogP contribution in [0, 0.1) is 35.5 Å². The molecule has 58 heavy (non-hydrogen) atoms. The van der Waals surface area contributed by atoms with Gasteiger partial charge in [0.1, 0.15) is 23.1 Å². The van der Waals surface area contributed by atoms with Crippen LogP contribution in [0.4, 0.5) is 0 Å². The number of carbonyl (C=O) groups is 6. The third-order valence-corrected chi connectivity index (χ3v) is 10.6. The molecule has 8 atom stereocenters. The quantitative estimate of drug-likeness (QED) is 0.0368. The van der Waals surface area contributed by atoms with Crippen LogP contribution in [0.15, 0.2) is 0 Å². The van der Waals surface area contributed by atoms with Crippen molar-refractivity contribution in [1.82, 2.24) is 21.3 Å². The van der Waals surface area contributed by atoms with Gasteiger partial charge in [-0.15, -0.1) is 0 Å². The minimum atomic E-state index is -0.365. The molecule has 0 aliphatic heterocycles. The second kappa shape index (κ2) is 43.9. The zero-order valence-electron chi connectivity index (χ0n) is 37.7. The average molecular weight is 1260 g/mol. The number of halogens is 3. The summed E-state index contributed by atoms with van der Waals surface area (Å²) in [5, 5.41) is 12.5. The van der Waals surface area contributed by atoms with Crippen molar-refractivity contribution in [3.63, 3.8) is 0 Å². The van der Waals surface area contributed by atoms with Crippen LogP contribution in [0.3, 0.4) is 0 Å². The molecular formula is C41H88I3N4O6S3V. The van der Waals surface area contributed by atoms with Crippen LogP contribution >= 0.6 is 97.8 Å². The van der Waals surface area contributed by atoms with Crippen molar-refractivity contribution in [2.24, 2.45) is 35.5 Å². The number of hydrogen-bond acceptors (Lipinski definition) is 13. The number of thiol groups is 3. The van der Waals surface area contributed by atoms with Gasteiger partial charge in [0.25, 0.3) is 0 Å². The van der Waals surface area contributed by atoms with Crippen LogP contribution in [0.2, 0.25) is 0 Å². The summed E-state index contributed by atoms with van der Waals surface area (Å²) in [7, 11) is 3.57. The van der Waals surface area contributed by atoms with Gasteiger partial charge in [-0.2, -0.15) is 37.9 Å². The molecule has 0 aromatic rings. The predicted octanol–water partition coefficient (Wildman–Crippen LogP) is 9.54. The van der Waals surface area contributed by atoms with E-state index in [2.05, 4.69) is 161 Å².